The van der Waals surface area contributed by atoms with E-state index in [2.05, 4.69) is 31.2 Å². The van der Waals surface area contributed by atoms with E-state index in [1.807, 2.05) is 11.9 Å². The molecule has 8 nitrogen and oxygen atoms in total. The number of piperidine rings is 1. The van der Waals surface area contributed by atoms with Crippen LogP contribution in [0.2, 0.25) is 0 Å². The molecule has 1 aromatic carbocycles. The van der Waals surface area contributed by atoms with Crippen LogP contribution in [0, 0.1) is 17.6 Å². The van der Waals surface area contributed by atoms with Gasteiger partial charge in [0.1, 0.15) is 17.1 Å². The number of benzene rings is 1. The SMILES string of the molecule is CN1CCC(C(=O)NC(=O)c2c(F)ccc(OCc3nc(-c4ccc(C(F)(F)F)cn4)c(Br)o3)c2F)CC1. The lowest BCUT2D eigenvalue weighted by Gasteiger charge is -2.27. The van der Waals surface area contributed by atoms with E-state index in [1.165, 1.54) is 0 Å². The monoisotopic (exact) mass is 602 g/mol. The summed E-state index contributed by atoms with van der Waals surface area (Å²) in [5.74, 6) is -5.41. The molecule has 0 atom stereocenters. The largest absolute Gasteiger partial charge is 0.481 e. The molecule has 0 unspecified atom stereocenters. The Morgan fingerprint density at radius 2 is 1.89 bits per heavy atom. The first kappa shape index (κ1) is 27.6. The average molecular weight is 603 g/mol. The highest BCUT2D eigenvalue weighted by Gasteiger charge is 2.31. The average Bonchev–Trinajstić information content (AvgIpc) is 3.23. The van der Waals surface area contributed by atoms with Crippen molar-refractivity contribution in [1.82, 2.24) is 20.2 Å². The molecule has 4 rings (SSSR count). The number of nitrogens with zero attached hydrogens (tertiary/aromatic N) is 3. The number of imide groups is 1. The van der Waals surface area contributed by atoms with Crippen LogP contribution in [0.15, 0.2) is 39.5 Å². The highest BCUT2D eigenvalue weighted by molar-refractivity contribution is 9.10. The molecule has 38 heavy (non-hydrogen) atoms. The quantitative estimate of drug-likeness (QED) is 0.314. The molecule has 1 aliphatic heterocycles. The van der Waals surface area contributed by atoms with E-state index in [0.29, 0.717) is 32.1 Å². The van der Waals surface area contributed by atoms with Crippen LogP contribution in [-0.2, 0) is 17.6 Å². The van der Waals surface area contributed by atoms with Crippen molar-refractivity contribution in [1.29, 1.82) is 0 Å². The summed E-state index contributed by atoms with van der Waals surface area (Å²) in [6.45, 7) is 0.842. The number of oxazole rings is 1. The number of carbonyl (C=O) groups excluding carboxylic acids is 2. The van der Waals surface area contributed by atoms with Crippen LogP contribution < -0.4 is 10.1 Å². The van der Waals surface area contributed by atoms with E-state index in [4.69, 9.17) is 9.15 Å². The van der Waals surface area contributed by atoms with Crippen LogP contribution in [-0.4, -0.2) is 46.8 Å². The molecule has 3 aromatic rings. The van der Waals surface area contributed by atoms with Gasteiger partial charge in [-0.1, -0.05) is 0 Å². The lowest BCUT2D eigenvalue weighted by molar-refractivity contribution is -0.137. The van der Waals surface area contributed by atoms with E-state index in [9.17, 15) is 27.2 Å². The Balaban J connectivity index is 1.45. The van der Waals surface area contributed by atoms with Gasteiger partial charge in [-0.3, -0.25) is 19.9 Å². The number of hydrogen-bond donors (Lipinski definition) is 1. The molecule has 0 aliphatic carbocycles. The van der Waals surface area contributed by atoms with Crippen LogP contribution in [0.5, 0.6) is 5.75 Å². The topological polar surface area (TPSA) is 97.6 Å². The molecule has 0 saturated carbocycles. The summed E-state index contributed by atoms with van der Waals surface area (Å²) in [5, 5.41) is 2.06. The normalized spacial score (nSPS) is 14.9. The van der Waals surface area contributed by atoms with Gasteiger partial charge in [-0.05, 0) is 73.2 Å². The second-order valence-electron chi connectivity index (χ2n) is 8.58. The summed E-state index contributed by atoms with van der Waals surface area (Å²) in [6.07, 6.45) is -2.88. The maximum atomic E-state index is 15.0. The van der Waals surface area contributed by atoms with Crippen molar-refractivity contribution < 1.29 is 40.7 Å². The number of alkyl halides is 3. The smallest absolute Gasteiger partial charge is 0.417 e. The van der Waals surface area contributed by atoms with Gasteiger partial charge < -0.3 is 14.1 Å². The molecular weight excluding hydrogens is 583 g/mol. The van der Waals surface area contributed by atoms with Crippen molar-refractivity contribution in [3.63, 3.8) is 0 Å². The second kappa shape index (κ2) is 11.2. The predicted molar refractivity (Wildman–Crippen MR) is 126 cm³/mol. The van der Waals surface area contributed by atoms with Gasteiger partial charge in [0.2, 0.25) is 11.8 Å². The van der Waals surface area contributed by atoms with Crippen LogP contribution in [0.25, 0.3) is 11.4 Å². The molecule has 1 N–H and O–H groups in total. The second-order valence-corrected chi connectivity index (χ2v) is 9.30. The summed E-state index contributed by atoms with van der Waals surface area (Å²) in [6, 6.07) is 3.71. The van der Waals surface area contributed by atoms with E-state index in [0.717, 1.165) is 24.3 Å². The number of carbonyl (C=O) groups is 2. The number of likely N-dealkylation sites (tertiary alicyclic amines) is 1. The Morgan fingerprint density at radius 1 is 1.18 bits per heavy atom. The first-order valence-corrected chi connectivity index (χ1v) is 12.1. The summed E-state index contributed by atoms with van der Waals surface area (Å²) in [5.41, 5.74) is -1.78. The fourth-order valence-corrected chi connectivity index (χ4v) is 4.28. The number of aromatic nitrogens is 2. The summed E-state index contributed by atoms with van der Waals surface area (Å²) < 4.78 is 78.4. The zero-order valence-corrected chi connectivity index (χ0v) is 21.3. The molecule has 0 bridgehead atoms. The lowest BCUT2D eigenvalue weighted by Crippen LogP contribution is -2.41. The first-order valence-electron chi connectivity index (χ1n) is 11.3. The number of rotatable bonds is 6. The van der Waals surface area contributed by atoms with Gasteiger partial charge in [0.25, 0.3) is 5.91 Å². The third kappa shape index (κ3) is 6.18. The molecule has 3 heterocycles. The molecule has 2 aromatic heterocycles. The maximum Gasteiger partial charge on any atom is 0.417 e. The fourth-order valence-electron chi connectivity index (χ4n) is 3.80. The fraction of sp³-hybridized carbons (Fsp3) is 0.333. The van der Waals surface area contributed by atoms with E-state index < -0.39 is 59.0 Å². The van der Waals surface area contributed by atoms with Crippen LogP contribution in [0.1, 0.15) is 34.7 Å². The van der Waals surface area contributed by atoms with Gasteiger partial charge >= 0.3 is 6.18 Å². The van der Waals surface area contributed by atoms with Gasteiger partial charge in [0.15, 0.2) is 22.8 Å². The number of hydrogen-bond acceptors (Lipinski definition) is 7. The van der Waals surface area contributed by atoms with Crippen LogP contribution in [0.4, 0.5) is 22.0 Å². The maximum absolute atomic E-state index is 15.0. The minimum absolute atomic E-state index is 0.0374. The number of amides is 2. The first-order chi connectivity index (χ1) is 17.9. The van der Waals surface area contributed by atoms with Crippen molar-refractivity contribution in [2.45, 2.75) is 25.6 Å². The summed E-state index contributed by atoms with van der Waals surface area (Å²) in [4.78, 5) is 34.8. The zero-order chi connectivity index (χ0) is 27.6. The predicted octanol–water partition coefficient (Wildman–Crippen LogP) is 4.97. The molecule has 2 amide bonds. The molecule has 202 valence electrons. The van der Waals surface area contributed by atoms with Gasteiger partial charge in [-0.2, -0.15) is 13.2 Å². The van der Waals surface area contributed by atoms with Crippen LogP contribution in [0.3, 0.4) is 0 Å². The third-order valence-corrected chi connectivity index (χ3v) is 6.46. The molecule has 1 fully saturated rings. The van der Waals surface area contributed by atoms with E-state index in [1.54, 1.807) is 0 Å². The molecule has 0 radical (unpaired) electrons. The van der Waals surface area contributed by atoms with Gasteiger partial charge in [0.05, 0.1) is 11.3 Å². The standard InChI is InChI=1S/C24H20BrF5N4O4/c1-34-8-6-12(7-9-34)22(35)33-23(36)18-14(26)3-5-16(19(18)27)37-11-17-32-20(21(25)38-17)15-4-2-13(10-31-15)24(28,29)30/h2-5,10,12H,6-9,11H2,1H3,(H,33,35,36). The Bertz CT molecular complexity index is 1340. The Morgan fingerprint density at radius 3 is 2.53 bits per heavy atom. The number of pyridine rings is 1. The molecule has 0 spiro atoms. The van der Waals surface area contributed by atoms with Gasteiger partial charge in [-0.25, -0.2) is 13.8 Å². The lowest BCUT2D eigenvalue weighted by atomic mass is 9.96. The Kier molecular flexibility index (Phi) is 8.11. The minimum Gasteiger partial charge on any atom is -0.481 e. The molecular formula is C24H20BrF5N4O4. The third-order valence-electron chi connectivity index (χ3n) is 5.92. The summed E-state index contributed by atoms with van der Waals surface area (Å²) in [7, 11) is 1.90. The minimum atomic E-state index is -4.55. The van der Waals surface area contributed by atoms with Crippen molar-refractivity contribution in [2.75, 3.05) is 20.1 Å². The van der Waals surface area contributed by atoms with Gasteiger partial charge in [0, 0.05) is 12.1 Å². The van der Waals surface area contributed by atoms with E-state index >= 15 is 4.39 Å². The number of ether oxygens (including phenoxy) is 1. The summed E-state index contributed by atoms with van der Waals surface area (Å²) >= 11 is 3.09. The highest BCUT2D eigenvalue weighted by atomic mass is 79.9. The molecule has 1 saturated heterocycles. The zero-order valence-electron chi connectivity index (χ0n) is 19.7. The Labute approximate surface area is 221 Å². The number of halogens is 6. The van der Waals surface area contributed by atoms with Crippen LogP contribution >= 0.6 is 15.9 Å². The molecule has 14 heteroatoms. The van der Waals surface area contributed by atoms with Crippen molar-refractivity contribution in [3.8, 4) is 17.1 Å². The highest BCUT2D eigenvalue weighted by Crippen LogP contribution is 2.32. The van der Waals surface area contributed by atoms with E-state index in [-0.39, 0.29) is 21.9 Å². The van der Waals surface area contributed by atoms with Gasteiger partial charge in [-0.15, -0.1) is 0 Å². The number of nitrogens with one attached hydrogen (secondary N) is 1. The Hall–Kier alpha value is -3.39. The van der Waals surface area contributed by atoms with Crippen molar-refractivity contribution in [2.24, 2.45) is 5.92 Å². The van der Waals surface area contributed by atoms with Crippen molar-refractivity contribution in [3.05, 3.63) is 63.8 Å². The van der Waals surface area contributed by atoms with Crippen molar-refractivity contribution >= 4 is 27.7 Å². The molecule has 1 aliphatic rings.